The van der Waals surface area contributed by atoms with Gasteiger partial charge in [-0.25, -0.2) is 12.8 Å². The molecule has 2 amide bonds. The van der Waals surface area contributed by atoms with E-state index in [4.69, 9.17) is 11.6 Å². The number of nitrogens with one attached hydrogen (secondary N) is 1. The molecular weight excluding hydrogens is 565 g/mol. The molecule has 0 aliphatic carbocycles. The van der Waals surface area contributed by atoms with Crippen LogP contribution in [0.3, 0.4) is 0 Å². The van der Waals surface area contributed by atoms with Crippen molar-refractivity contribution in [3.05, 3.63) is 94.3 Å². The molecule has 2 atom stereocenters. The minimum atomic E-state index is -4.22. The summed E-state index contributed by atoms with van der Waals surface area (Å²) in [6.45, 7) is 8.53. The van der Waals surface area contributed by atoms with Gasteiger partial charge < -0.3 is 10.2 Å². The third-order valence-electron chi connectivity index (χ3n) is 7.05. The average Bonchev–Trinajstić information content (AvgIpc) is 2.94. The summed E-state index contributed by atoms with van der Waals surface area (Å²) in [6.07, 6.45) is 0.987. The molecule has 7 nitrogen and oxygen atoms in total. The maximum absolute atomic E-state index is 14.1. The Labute approximate surface area is 247 Å². The lowest BCUT2D eigenvalue weighted by Crippen LogP contribution is -2.53. The van der Waals surface area contributed by atoms with Gasteiger partial charge in [-0.2, -0.15) is 0 Å². The summed E-state index contributed by atoms with van der Waals surface area (Å²) in [5.74, 6) is -1.36. The van der Waals surface area contributed by atoms with Crippen LogP contribution in [-0.4, -0.2) is 43.8 Å². The largest absolute Gasteiger partial charge is 0.352 e. The second-order valence-electron chi connectivity index (χ2n) is 10.1. The first-order valence-corrected chi connectivity index (χ1v) is 15.4. The number of aryl methyl sites for hydroxylation is 1. The molecule has 41 heavy (non-hydrogen) atoms. The lowest BCUT2D eigenvalue weighted by Gasteiger charge is -2.34. The van der Waals surface area contributed by atoms with Gasteiger partial charge in [0.2, 0.25) is 11.8 Å². The molecule has 0 radical (unpaired) electrons. The first-order chi connectivity index (χ1) is 19.4. The molecule has 0 aliphatic heterocycles. The number of carbonyl (C=O) groups excluding carboxylic acids is 2. The highest BCUT2D eigenvalue weighted by atomic mass is 35.5. The van der Waals surface area contributed by atoms with Crippen LogP contribution in [0.2, 0.25) is 5.02 Å². The number of nitrogens with zero attached hydrogens (tertiary/aromatic N) is 2. The number of anilines is 1. The molecule has 0 heterocycles. The van der Waals surface area contributed by atoms with E-state index in [1.165, 1.54) is 41.3 Å². The van der Waals surface area contributed by atoms with E-state index < -0.39 is 34.3 Å². The van der Waals surface area contributed by atoms with Gasteiger partial charge in [0.15, 0.2) is 0 Å². The summed E-state index contributed by atoms with van der Waals surface area (Å²) in [4.78, 5) is 28.8. The van der Waals surface area contributed by atoms with E-state index in [-0.39, 0.29) is 35.5 Å². The Morgan fingerprint density at radius 2 is 1.59 bits per heavy atom. The molecule has 3 aromatic rings. The quantitative estimate of drug-likeness (QED) is 0.275. The predicted octanol–water partition coefficient (Wildman–Crippen LogP) is 6.01. The van der Waals surface area contributed by atoms with Gasteiger partial charge in [-0.15, -0.1) is 0 Å². The van der Waals surface area contributed by atoms with Crippen LogP contribution in [-0.2, 0) is 26.2 Å². The van der Waals surface area contributed by atoms with Gasteiger partial charge >= 0.3 is 0 Å². The van der Waals surface area contributed by atoms with E-state index in [0.29, 0.717) is 22.6 Å². The van der Waals surface area contributed by atoms with Crippen molar-refractivity contribution in [2.24, 2.45) is 0 Å². The van der Waals surface area contributed by atoms with Gasteiger partial charge in [-0.1, -0.05) is 61.3 Å². The van der Waals surface area contributed by atoms with Crippen LogP contribution in [0.15, 0.2) is 71.6 Å². The van der Waals surface area contributed by atoms with Crippen molar-refractivity contribution < 1.29 is 22.4 Å². The number of rotatable bonds is 12. The maximum Gasteiger partial charge on any atom is 0.264 e. The lowest BCUT2D eigenvalue weighted by atomic mass is 10.1. The molecule has 0 aliphatic rings. The van der Waals surface area contributed by atoms with Crippen molar-refractivity contribution in [1.29, 1.82) is 0 Å². The number of benzene rings is 3. The Bertz CT molecular complexity index is 1460. The van der Waals surface area contributed by atoms with Crippen molar-refractivity contribution in [3.63, 3.8) is 0 Å². The number of hydrogen-bond donors (Lipinski definition) is 1. The van der Waals surface area contributed by atoms with Crippen LogP contribution in [0, 0.1) is 19.7 Å². The molecule has 10 heteroatoms. The fraction of sp³-hybridized carbons (Fsp3) is 0.355. The Balaban J connectivity index is 2.10. The van der Waals surface area contributed by atoms with Gasteiger partial charge in [0.25, 0.3) is 10.0 Å². The molecule has 0 aromatic heterocycles. The fourth-order valence-electron chi connectivity index (χ4n) is 4.36. The highest BCUT2D eigenvalue weighted by Gasteiger charge is 2.34. The van der Waals surface area contributed by atoms with Crippen LogP contribution < -0.4 is 9.62 Å². The van der Waals surface area contributed by atoms with E-state index >= 15 is 0 Å². The zero-order valence-electron chi connectivity index (χ0n) is 24.0. The van der Waals surface area contributed by atoms with Gasteiger partial charge in [0.1, 0.15) is 18.4 Å². The molecule has 3 rings (SSSR count). The van der Waals surface area contributed by atoms with Crippen LogP contribution >= 0.6 is 11.6 Å². The summed E-state index contributed by atoms with van der Waals surface area (Å²) in [6, 6.07) is 15.9. The molecule has 220 valence electrons. The molecular formula is C31H37ClFN3O4S. The summed E-state index contributed by atoms with van der Waals surface area (Å²) in [5.41, 5.74) is 2.23. The van der Waals surface area contributed by atoms with Crippen molar-refractivity contribution in [2.75, 3.05) is 10.8 Å². The number of sulfonamides is 1. The zero-order valence-corrected chi connectivity index (χ0v) is 25.6. The van der Waals surface area contributed by atoms with Crippen LogP contribution in [0.25, 0.3) is 0 Å². The van der Waals surface area contributed by atoms with Gasteiger partial charge in [0.05, 0.1) is 10.6 Å². The SMILES string of the molecule is CC[C@@H](C)NC(=O)[C@H](CC)N(Cc1ccc(F)cc1)C(=O)CN(c1cccc(Cl)c1C)S(=O)(=O)c1ccc(C)cc1. The highest BCUT2D eigenvalue weighted by molar-refractivity contribution is 7.92. The monoisotopic (exact) mass is 601 g/mol. The van der Waals surface area contributed by atoms with Crippen molar-refractivity contribution >= 4 is 39.1 Å². The molecule has 0 bridgehead atoms. The number of hydrogen-bond acceptors (Lipinski definition) is 4. The first kappa shape index (κ1) is 32.1. The van der Waals surface area contributed by atoms with E-state index in [2.05, 4.69) is 5.32 Å². The molecule has 0 fully saturated rings. The summed E-state index contributed by atoms with van der Waals surface area (Å²) < 4.78 is 42.7. The van der Waals surface area contributed by atoms with Crippen molar-refractivity contribution in [1.82, 2.24) is 10.2 Å². The van der Waals surface area contributed by atoms with Gasteiger partial charge in [-0.05, 0) is 81.1 Å². The highest BCUT2D eigenvalue weighted by Crippen LogP contribution is 2.31. The van der Waals surface area contributed by atoms with Crippen LogP contribution in [0.5, 0.6) is 0 Å². The Morgan fingerprint density at radius 1 is 0.951 bits per heavy atom. The van der Waals surface area contributed by atoms with Crippen LogP contribution in [0.4, 0.5) is 10.1 Å². The minimum absolute atomic E-state index is 0.0154. The van der Waals surface area contributed by atoms with E-state index in [9.17, 15) is 22.4 Å². The number of halogens is 2. The minimum Gasteiger partial charge on any atom is -0.352 e. The zero-order chi connectivity index (χ0) is 30.3. The summed E-state index contributed by atoms with van der Waals surface area (Å²) in [5, 5.41) is 3.28. The number of amides is 2. The lowest BCUT2D eigenvalue weighted by molar-refractivity contribution is -0.140. The molecule has 0 saturated carbocycles. The molecule has 1 N–H and O–H groups in total. The normalized spacial score (nSPS) is 12.9. The number of carbonyl (C=O) groups is 2. The third kappa shape index (κ3) is 7.86. The van der Waals surface area contributed by atoms with E-state index in [1.54, 1.807) is 44.2 Å². The van der Waals surface area contributed by atoms with Crippen LogP contribution in [0.1, 0.15) is 50.3 Å². The Hall–Kier alpha value is -3.43. The molecule has 0 saturated heterocycles. The standard InChI is InChI=1S/C31H37ClFN3O4S/c1-6-22(4)34-31(38)28(7-2)35(19-24-13-15-25(33)16-14-24)30(37)20-36(29-10-8-9-27(32)23(29)5)41(39,40)26-17-11-21(3)12-18-26/h8-18,22,28H,6-7,19-20H2,1-5H3,(H,34,38)/t22-,28+/m1/s1. The smallest absolute Gasteiger partial charge is 0.264 e. The summed E-state index contributed by atoms with van der Waals surface area (Å²) >= 11 is 6.37. The third-order valence-corrected chi connectivity index (χ3v) is 9.23. The molecule has 0 spiro atoms. The first-order valence-electron chi connectivity index (χ1n) is 13.6. The second kappa shape index (κ2) is 14.0. The van der Waals surface area contributed by atoms with E-state index in [1.807, 2.05) is 20.8 Å². The average molecular weight is 602 g/mol. The second-order valence-corrected chi connectivity index (χ2v) is 12.4. The van der Waals surface area contributed by atoms with Crippen molar-refractivity contribution in [3.8, 4) is 0 Å². The maximum atomic E-state index is 14.1. The topological polar surface area (TPSA) is 86.8 Å². The summed E-state index contributed by atoms with van der Waals surface area (Å²) in [7, 11) is -4.22. The van der Waals surface area contributed by atoms with Gasteiger partial charge in [-0.3, -0.25) is 13.9 Å². The van der Waals surface area contributed by atoms with Crippen molar-refractivity contribution in [2.45, 2.75) is 71.0 Å². The van der Waals surface area contributed by atoms with Gasteiger partial charge in [0, 0.05) is 17.6 Å². The fourth-order valence-corrected chi connectivity index (χ4v) is 6.01. The molecule has 3 aromatic carbocycles. The predicted molar refractivity (Wildman–Crippen MR) is 161 cm³/mol. The molecule has 0 unspecified atom stereocenters. The van der Waals surface area contributed by atoms with E-state index in [0.717, 1.165) is 9.87 Å². The Morgan fingerprint density at radius 3 is 2.17 bits per heavy atom. The Kier molecular flexibility index (Phi) is 10.9.